The number of hydrogen-bond donors (Lipinski definition) is 2. The number of hydrogen-bond acceptors (Lipinski definition) is 4. The number of benzene rings is 3. The summed E-state index contributed by atoms with van der Waals surface area (Å²) in [4.78, 5) is 13.5. The molecule has 5 heteroatoms. The lowest BCUT2D eigenvalue weighted by molar-refractivity contribution is 0.0681. The zero-order chi connectivity index (χ0) is 24.8. The second-order valence-corrected chi connectivity index (χ2v) is 9.29. The first-order valence-corrected chi connectivity index (χ1v) is 11.4. The van der Waals surface area contributed by atoms with Crippen LogP contribution in [0, 0.1) is 13.8 Å². The van der Waals surface area contributed by atoms with Gasteiger partial charge in [0.2, 0.25) is 0 Å². The molecule has 0 aliphatic carbocycles. The van der Waals surface area contributed by atoms with Crippen LogP contribution in [-0.2, 0) is 4.74 Å². The van der Waals surface area contributed by atoms with E-state index in [1.807, 2.05) is 24.0 Å². The molecule has 176 valence electrons. The molecule has 0 fully saturated rings. The van der Waals surface area contributed by atoms with Crippen LogP contribution in [0.2, 0.25) is 0 Å². The van der Waals surface area contributed by atoms with Gasteiger partial charge in [-0.15, -0.1) is 0 Å². The van der Waals surface area contributed by atoms with Crippen molar-refractivity contribution in [2.75, 3.05) is 12.0 Å². The minimum absolute atomic E-state index is 0.135. The van der Waals surface area contributed by atoms with Crippen molar-refractivity contribution in [1.82, 2.24) is 0 Å². The van der Waals surface area contributed by atoms with Gasteiger partial charge < -0.3 is 19.8 Å². The number of anilines is 2. The van der Waals surface area contributed by atoms with Gasteiger partial charge in [-0.05, 0) is 73.2 Å². The second kappa shape index (κ2) is 8.65. The average molecular weight is 458 g/mol. The van der Waals surface area contributed by atoms with Crippen LogP contribution in [0.3, 0.4) is 0 Å². The third kappa shape index (κ3) is 3.66. The van der Waals surface area contributed by atoms with Crippen LogP contribution in [0.15, 0.2) is 54.6 Å². The Morgan fingerprint density at radius 3 is 2.35 bits per heavy atom. The zero-order valence-electron chi connectivity index (χ0n) is 20.5. The number of carboxylic acids is 1. The van der Waals surface area contributed by atoms with Gasteiger partial charge in [0.15, 0.2) is 5.72 Å². The highest BCUT2D eigenvalue weighted by molar-refractivity contribution is 6.02. The van der Waals surface area contributed by atoms with Gasteiger partial charge in [0.25, 0.3) is 0 Å². The number of ether oxygens (including phenoxy) is 1. The number of aromatic hydroxyl groups is 1. The van der Waals surface area contributed by atoms with Crippen molar-refractivity contribution in [3.05, 3.63) is 88.0 Å². The maximum absolute atomic E-state index is 11.4. The van der Waals surface area contributed by atoms with Gasteiger partial charge in [-0.25, -0.2) is 4.79 Å². The molecule has 1 aliphatic rings. The van der Waals surface area contributed by atoms with Gasteiger partial charge in [0.05, 0.1) is 5.69 Å². The highest BCUT2D eigenvalue weighted by atomic mass is 16.5. The number of carbonyl (C=O) groups is 1. The quantitative estimate of drug-likeness (QED) is 0.437. The molecule has 0 amide bonds. The minimum atomic E-state index is -1.17. The molecule has 0 saturated heterocycles. The number of phenols is 1. The zero-order valence-corrected chi connectivity index (χ0v) is 20.5. The molecular formula is C29H31NO4. The molecular weight excluding hydrogens is 426 g/mol. The monoisotopic (exact) mass is 457 g/mol. The fourth-order valence-electron chi connectivity index (χ4n) is 4.95. The third-order valence-electron chi connectivity index (χ3n) is 6.82. The summed E-state index contributed by atoms with van der Waals surface area (Å²) in [5.74, 6) is -1.09. The van der Waals surface area contributed by atoms with E-state index in [0.717, 1.165) is 22.4 Å². The van der Waals surface area contributed by atoms with Gasteiger partial charge in [-0.1, -0.05) is 44.2 Å². The number of aryl methyl sites for hydroxylation is 2. The van der Waals surface area contributed by atoms with Gasteiger partial charge >= 0.3 is 5.97 Å². The van der Waals surface area contributed by atoms with Crippen molar-refractivity contribution >= 4 is 29.0 Å². The summed E-state index contributed by atoms with van der Waals surface area (Å²) >= 11 is 0. The number of nitrogens with zero attached hydrogens (tertiary/aromatic N) is 1. The minimum Gasteiger partial charge on any atom is -0.507 e. The van der Waals surface area contributed by atoms with E-state index in [4.69, 9.17) is 4.74 Å². The van der Waals surface area contributed by atoms with Crippen LogP contribution in [0.25, 0.3) is 11.6 Å². The van der Waals surface area contributed by atoms with Crippen molar-refractivity contribution < 1.29 is 19.7 Å². The molecule has 1 heterocycles. The normalized spacial score (nSPS) is 18.6. The maximum atomic E-state index is 11.4. The van der Waals surface area contributed by atoms with E-state index < -0.39 is 11.7 Å². The van der Waals surface area contributed by atoms with Crippen molar-refractivity contribution in [3.63, 3.8) is 0 Å². The van der Waals surface area contributed by atoms with Crippen LogP contribution < -0.4 is 4.90 Å². The van der Waals surface area contributed by atoms with Crippen LogP contribution >= 0.6 is 0 Å². The second-order valence-electron chi connectivity index (χ2n) is 9.29. The molecule has 2 N–H and O–H groups in total. The molecule has 1 aliphatic heterocycles. The van der Waals surface area contributed by atoms with Gasteiger partial charge in [-0.3, -0.25) is 0 Å². The molecule has 1 unspecified atom stereocenters. The Kier molecular flexibility index (Phi) is 6.00. The van der Waals surface area contributed by atoms with E-state index in [0.29, 0.717) is 11.6 Å². The Morgan fingerprint density at radius 2 is 1.74 bits per heavy atom. The van der Waals surface area contributed by atoms with Crippen LogP contribution in [0.4, 0.5) is 11.4 Å². The fraction of sp³-hybridized carbons (Fsp3) is 0.276. The first kappa shape index (κ1) is 23.6. The van der Waals surface area contributed by atoms with E-state index in [1.54, 1.807) is 13.2 Å². The first-order valence-electron chi connectivity index (χ1n) is 11.4. The number of fused-ring (bicyclic) bond motifs is 1. The van der Waals surface area contributed by atoms with Crippen molar-refractivity contribution in [3.8, 4) is 5.75 Å². The van der Waals surface area contributed by atoms with Crippen molar-refractivity contribution in [2.45, 2.75) is 46.3 Å². The standard InChI is InChI=1S/C29H31NO4/c1-17(2)21-11-7-9-18(3)23(21)16-24-27-19(4)10-8-12-25(27)30(29(24,5)34-6)20-13-14-22(28(32)33)26(31)15-20/h7-17,31H,1-6H3,(H,32,33)/b24-16-. The van der Waals surface area contributed by atoms with E-state index in [2.05, 4.69) is 58.0 Å². The lowest BCUT2D eigenvalue weighted by Gasteiger charge is -2.37. The lowest BCUT2D eigenvalue weighted by atomic mass is 9.88. The lowest BCUT2D eigenvalue weighted by Crippen LogP contribution is -2.42. The number of rotatable bonds is 5. The largest absolute Gasteiger partial charge is 0.507 e. The molecule has 3 aromatic rings. The molecule has 5 nitrogen and oxygen atoms in total. The number of carboxylic acid groups (broad SMARTS) is 1. The summed E-state index contributed by atoms with van der Waals surface area (Å²) in [5, 5.41) is 19.8. The highest BCUT2D eigenvalue weighted by Gasteiger charge is 2.46. The molecule has 0 aromatic heterocycles. The Morgan fingerprint density at radius 1 is 1.06 bits per heavy atom. The van der Waals surface area contributed by atoms with Crippen LogP contribution in [0.5, 0.6) is 5.75 Å². The van der Waals surface area contributed by atoms with E-state index >= 15 is 0 Å². The van der Waals surface area contributed by atoms with E-state index in [1.165, 1.54) is 28.8 Å². The Balaban J connectivity index is 2.01. The number of aromatic carboxylic acids is 1. The van der Waals surface area contributed by atoms with Crippen LogP contribution in [-0.4, -0.2) is 29.0 Å². The summed E-state index contributed by atoms with van der Waals surface area (Å²) in [6.45, 7) is 10.6. The predicted octanol–water partition coefficient (Wildman–Crippen LogP) is 6.89. The third-order valence-corrected chi connectivity index (χ3v) is 6.82. The predicted molar refractivity (Wildman–Crippen MR) is 137 cm³/mol. The molecule has 0 spiro atoms. The van der Waals surface area contributed by atoms with Crippen molar-refractivity contribution in [1.29, 1.82) is 0 Å². The summed E-state index contributed by atoms with van der Waals surface area (Å²) in [6, 6.07) is 17.1. The highest BCUT2D eigenvalue weighted by Crippen LogP contribution is 2.53. The summed E-state index contributed by atoms with van der Waals surface area (Å²) in [6.07, 6.45) is 2.23. The van der Waals surface area contributed by atoms with Crippen LogP contribution in [0.1, 0.15) is 64.9 Å². The molecule has 34 heavy (non-hydrogen) atoms. The summed E-state index contributed by atoms with van der Waals surface area (Å²) in [5.41, 5.74) is 7.40. The summed E-state index contributed by atoms with van der Waals surface area (Å²) < 4.78 is 6.21. The molecule has 0 radical (unpaired) electrons. The maximum Gasteiger partial charge on any atom is 0.339 e. The molecule has 0 bridgehead atoms. The van der Waals surface area contributed by atoms with Crippen molar-refractivity contribution in [2.24, 2.45) is 0 Å². The van der Waals surface area contributed by atoms with Gasteiger partial charge in [0, 0.05) is 30.0 Å². The molecule has 4 rings (SSSR count). The Labute approximate surface area is 200 Å². The average Bonchev–Trinajstić information content (AvgIpc) is 3.04. The Bertz CT molecular complexity index is 1310. The topological polar surface area (TPSA) is 70.0 Å². The first-order chi connectivity index (χ1) is 16.1. The fourth-order valence-corrected chi connectivity index (χ4v) is 4.95. The molecule has 1 atom stereocenters. The summed E-state index contributed by atoms with van der Waals surface area (Å²) in [7, 11) is 1.68. The molecule has 0 saturated carbocycles. The van der Waals surface area contributed by atoms with E-state index in [9.17, 15) is 15.0 Å². The SMILES string of the molecule is COC1(C)/C(=C\c2c(C)cccc2C(C)C)c2c(C)cccc2N1c1ccc(C(=O)O)c(O)c1. The smallest absolute Gasteiger partial charge is 0.339 e. The van der Waals surface area contributed by atoms with E-state index in [-0.39, 0.29) is 11.3 Å². The molecule has 3 aromatic carbocycles. The van der Waals surface area contributed by atoms with Gasteiger partial charge in [0.1, 0.15) is 11.3 Å². The van der Waals surface area contributed by atoms with Gasteiger partial charge in [-0.2, -0.15) is 0 Å². The Hall–Kier alpha value is -3.57. The number of methoxy groups -OCH3 is 1.